The second kappa shape index (κ2) is 6.13. The van der Waals surface area contributed by atoms with E-state index in [1.807, 2.05) is 19.1 Å². The van der Waals surface area contributed by atoms with Crippen LogP contribution in [0.4, 0.5) is 0 Å². The standard InChI is InChI=1S/C15H21NO4/c1-3-19-12-6-8-13(9-7-12)20-10-15(16-2,14(17)18)11-4-5-11/h6-9,11,16H,3-5,10H2,1-2H3,(H,17,18). The monoisotopic (exact) mass is 279 g/mol. The molecular weight excluding hydrogens is 258 g/mol. The van der Waals surface area contributed by atoms with Crippen LogP contribution in [-0.4, -0.2) is 36.9 Å². The van der Waals surface area contributed by atoms with E-state index >= 15 is 0 Å². The summed E-state index contributed by atoms with van der Waals surface area (Å²) in [5.41, 5.74) is -0.988. The predicted molar refractivity (Wildman–Crippen MR) is 75.3 cm³/mol. The Hall–Kier alpha value is -1.75. The third-order valence-corrected chi connectivity index (χ3v) is 3.70. The molecule has 1 aliphatic rings. The average Bonchev–Trinajstić information content (AvgIpc) is 3.27. The number of carbonyl (C=O) groups is 1. The highest BCUT2D eigenvalue weighted by atomic mass is 16.5. The SMILES string of the molecule is CCOc1ccc(OCC(NC)(C(=O)O)C2CC2)cc1. The highest BCUT2D eigenvalue weighted by Crippen LogP contribution is 2.40. The molecule has 1 aliphatic carbocycles. The molecule has 0 aliphatic heterocycles. The normalized spacial score (nSPS) is 17.3. The number of carboxylic acid groups (broad SMARTS) is 1. The third-order valence-electron chi connectivity index (χ3n) is 3.70. The summed E-state index contributed by atoms with van der Waals surface area (Å²) < 4.78 is 11.0. The summed E-state index contributed by atoms with van der Waals surface area (Å²) in [5.74, 6) is 0.719. The molecule has 1 fully saturated rings. The molecule has 20 heavy (non-hydrogen) atoms. The topological polar surface area (TPSA) is 67.8 Å². The molecule has 1 saturated carbocycles. The minimum absolute atomic E-state index is 0.123. The summed E-state index contributed by atoms with van der Waals surface area (Å²) in [6, 6.07) is 7.22. The quantitative estimate of drug-likeness (QED) is 0.761. The van der Waals surface area contributed by atoms with E-state index in [2.05, 4.69) is 5.32 Å². The Bertz CT molecular complexity index is 455. The fourth-order valence-electron chi connectivity index (χ4n) is 2.31. The van der Waals surface area contributed by atoms with Crippen LogP contribution >= 0.6 is 0 Å². The maximum absolute atomic E-state index is 11.5. The molecule has 5 nitrogen and oxygen atoms in total. The Labute approximate surface area is 118 Å². The van der Waals surface area contributed by atoms with E-state index < -0.39 is 11.5 Å². The van der Waals surface area contributed by atoms with E-state index in [1.54, 1.807) is 19.2 Å². The third kappa shape index (κ3) is 3.04. The van der Waals surface area contributed by atoms with Gasteiger partial charge in [-0.15, -0.1) is 0 Å². The smallest absolute Gasteiger partial charge is 0.327 e. The Morgan fingerprint density at radius 2 is 1.85 bits per heavy atom. The molecule has 0 saturated heterocycles. The summed E-state index contributed by atoms with van der Waals surface area (Å²) in [6.07, 6.45) is 1.86. The molecule has 0 radical (unpaired) electrons. The van der Waals surface area contributed by atoms with Crippen molar-refractivity contribution in [3.8, 4) is 11.5 Å². The molecule has 0 bridgehead atoms. The minimum Gasteiger partial charge on any atom is -0.494 e. The van der Waals surface area contributed by atoms with Crippen LogP contribution in [0.1, 0.15) is 19.8 Å². The molecule has 2 N–H and O–H groups in total. The zero-order chi connectivity index (χ0) is 14.6. The number of hydrogen-bond donors (Lipinski definition) is 2. The summed E-state index contributed by atoms with van der Waals surface area (Å²) in [6.45, 7) is 2.66. The van der Waals surface area contributed by atoms with Crippen molar-refractivity contribution in [2.75, 3.05) is 20.3 Å². The van der Waals surface area contributed by atoms with Crippen molar-refractivity contribution in [2.45, 2.75) is 25.3 Å². The van der Waals surface area contributed by atoms with E-state index in [-0.39, 0.29) is 12.5 Å². The number of rotatable bonds is 8. The van der Waals surface area contributed by atoms with Crippen LogP contribution < -0.4 is 14.8 Å². The molecule has 1 aromatic carbocycles. The molecule has 110 valence electrons. The summed E-state index contributed by atoms with van der Waals surface area (Å²) in [4.78, 5) is 11.5. The van der Waals surface area contributed by atoms with Gasteiger partial charge in [-0.05, 0) is 57.0 Å². The van der Waals surface area contributed by atoms with Crippen LogP contribution in [0.5, 0.6) is 11.5 Å². The molecule has 1 atom stereocenters. The Morgan fingerprint density at radius 1 is 1.30 bits per heavy atom. The number of hydrogen-bond acceptors (Lipinski definition) is 4. The van der Waals surface area contributed by atoms with Crippen molar-refractivity contribution in [1.29, 1.82) is 0 Å². The summed E-state index contributed by atoms with van der Waals surface area (Å²) >= 11 is 0. The first-order chi connectivity index (χ1) is 9.62. The number of benzene rings is 1. The van der Waals surface area contributed by atoms with Crippen LogP contribution in [0.3, 0.4) is 0 Å². The van der Waals surface area contributed by atoms with Gasteiger partial charge in [-0.2, -0.15) is 0 Å². The first-order valence-corrected chi connectivity index (χ1v) is 6.90. The lowest BCUT2D eigenvalue weighted by Crippen LogP contribution is -2.56. The molecule has 2 rings (SSSR count). The van der Waals surface area contributed by atoms with Crippen LogP contribution in [0.25, 0.3) is 0 Å². The molecule has 5 heteroatoms. The summed E-state index contributed by atoms with van der Waals surface area (Å²) in [5, 5.41) is 12.4. The minimum atomic E-state index is -0.988. The molecular formula is C15H21NO4. The van der Waals surface area contributed by atoms with Gasteiger partial charge in [0.1, 0.15) is 18.1 Å². The van der Waals surface area contributed by atoms with E-state index in [0.29, 0.717) is 12.4 Å². The second-order valence-electron chi connectivity index (χ2n) is 4.99. The Balaban J connectivity index is 2.00. The molecule has 0 heterocycles. The van der Waals surface area contributed by atoms with Gasteiger partial charge in [-0.3, -0.25) is 4.79 Å². The van der Waals surface area contributed by atoms with E-state index in [1.165, 1.54) is 0 Å². The molecule has 0 aromatic heterocycles. The van der Waals surface area contributed by atoms with Gasteiger partial charge in [0.05, 0.1) is 6.61 Å². The highest BCUT2D eigenvalue weighted by molar-refractivity contribution is 5.80. The van der Waals surface area contributed by atoms with Crippen molar-refractivity contribution in [3.63, 3.8) is 0 Å². The molecule has 1 aromatic rings. The lowest BCUT2D eigenvalue weighted by Gasteiger charge is -2.28. The van der Waals surface area contributed by atoms with Crippen LogP contribution in [0.15, 0.2) is 24.3 Å². The van der Waals surface area contributed by atoms with Crippen molar-refractivity contribution in [2.24, 2.45) is 5.92 Å². The number of ether oxygens (including phenoxy) is 2. The van der Waals surface area contributed by atoms with E-state index in [0.717, 1.165) is 18.6 Å². The maximum Gasteiger partial charge on any atom is 0.327 e. The van der Waals surface area contributed by atoms with Crippen LogP contribution in [0.2, 0.25) is 0 Å². The lowest BCUT2D eigenvalue weighted by atomic mass is 9.94. The van der Waals surface area contributed by atoms with Crippen molar-refractivity contribution in [3.05, 3.63) is 24.3 Å². The van der Waals surface area contributed by atoms with Gasteiger partial charge in [-0.25, -0.2) is 0 Å². The average molecular weight is 279 g/mol. The van der Waals surface area contributed by atoms with E-state index in [4.69, 9.17) is 9.47 Å². The fraction of sp³-hybridized carbons (Fsp3) is 0.533. The first kappa shape index (κ1) is 14.7. The van der Waals surface area contributed by atoms with Gasteiger partial charge in [0.15, 0.2) is 5.54 Å². The molecule has 0 amide bonds. The van der Waals surface area contributed by atoms with Gasteiger partial charge < -0.3 is 19.9 Å². The zero-order valence-electron chi connectivity index (χ0n) is 11.9. The van der Waals surface area contributed by atoms with Crippen molar-refractivity contribution >= 4 is 5.97 Å². The van der Waals surface area contributed by atoms with Crippen molar-refractivity contribution in [1.82, 2.24) is 5.32 Å². The molecule has 0 spiro atoms. The lowest BCUT2D eigenvalue weighted by molar-refractivity contribution is -0.147. The second-order valence-corrected chi connectivity index (χ2v) is 4.99. The van der Waals surface area contributed by atoms with Gasteiger partial charge in [0.25, 0.3) is 0 Å². The first-order valence-electron chi connectivity index (χ1n) is 6.90. The number of aliphatic carboxylic acids is 1. The predicted octanol–water partition coefficient (Wildman–Crippen LogP) is 1.92. The highest BCUT2D eigenvalue weighted by Gasteiger charge is 2.51. The number of likely N-dealkylation sites (N-methyl/N-ethyl adjacent to an activating group) is 1. The van der Waals surface area contributed by atoms with Crippen molar-refractivity contribution < 1.29 is 19.4 Å². The van der Waals surface area contributed by atoms with Gasteiger partial charge >= 0.3 is 5.97 Å². The van der Waals surface area contributed by atoms with Gasteiger partial charge in [-0.1, -0.05) is 0 Å². The van der Waals surface area contributed by atoms with Gasteiger partial charge in [0, 0.05) is 0 Å². The summed E-state index contributed by atoms with van der Waals surface area (Å²) in [7, 11) is 1.67. The Morgan fingerprint density at radius 3 is 2.25 bits per heavy atom. The Kier molecular flexibility index (Phi) is 4.49. The zero-order valence-corrected chi connectivity index (χ0v) is 11.9. The van der Waals surface area contributed by atoms with Crippen LogP contribution in [0, 0.1) is 5.92 Å². The molecule has 1 unspecified atom stereocenters. The van der Waals surface area contributed by atoms with E-state index in [9.17, 15) is 9.90 Å². The fourth-order valence-corrected chi connectivity index (χ4v) is 2.31. The largest absolute Gasteiger partial charge is 0.494 e. The number of carboxylic acids is 1. The maximum atomic E-state index is 11.5. The number of nitrogens with one attached hydrogen (secondary N) is 1. The van der Waals surface area contributed by atoms with Gasteiger partial charge in [0.2, 0.25) is 0 Å². The van der Waals surface area contributed by atoms with Crippen LogP contribution in [-0.2, 0) is 4.79 Å².